The second kappa shape index (κ2) is 6.09. The van der Waals surface area contributed by atoms with Crippen LogP contribution in [0, 0.1) is 0 Å². The third-order valence-corrected chi connectivity index (χ3v) is 3.35. The maximum absolute atomic E-state index is 12.2. The monoisotopic (exact) mass is 293 g/mol. The van der Waals surface area contributed by atoms with E-state index in [1.807, 2.05) is 19.0 Å². The molecule has 2 aliphatic heterocycles. The number of allylic oxidation sites excluding steroid dienone is 1. The van der Waals surface area contributed by atoms with Gasteiger partial charge in [0.05, 0.1) is 6.08 Å². The third kappa shape index (κ3) is 3.30. The fraction of sp³-hybridized carbons (Fsp3) is 0.500. The molecule has 0 aromatic carbocycles. The van der Waals surface area contributed by atoms with Crippen molar-refractivity contribution >= 4 is 17.7 Å². The number of likely N-dealkylation sites (N-methyl/N-ethyl adjacent to an activating group) is 1. The molecule has 0 aromatic rings. The minimum atomic E-state index is -0.790. The van der Waals surface area contributed by atoms with Crippen molar-refractivity contribution in [3.05, 3.63) is 24.1 Å². The lowest BCUT2D eigenvalue weighted by molar-refractivity contribution is -0.147. The number of imide groups is 1. The van der Waals surface area contributed by atoms with Crippen LogP contribution < -0.4 is 5.32 Å². The zero-order valence-corrected chi connectivity index (χ0v) is 12.2. The minimum Gasteiger partial charge on any atom is -0.486 e. The summed E-state index contributed by atoms with van der Waals surface area (Å²) in [6.07, 6.45) is 2.08. The Balaban J connectivity index is 2.01. The number of carbonyl (C=O) groups is 3. The molecule has 21 heavy (non-hydrogen) atoms. The molecule has 114 valence electrons. The van der Waals surface area contributed by atoms with Crippen LogP contribution in [0.5, 0.6) is 0 Å². The molecule has 2 rings (SSSR count). The highest BCUT2D eigenvalue weighted by Gasteiger charge is 2.42. The van der Waals surface area contributed by atoms with Crippen LogP contribution in [0.25, 0.3) is 0 Å². The van der Waals surface area contributed by atoms with Crippen LogP contribution in [-0.2, 0) is 19.1 Å². The Bertz CT molecular complexity index is 524. The summed E-state index contributed by atoms with van der Waals surface area (Å²) in [7, 11) is 3.76. The summed E-state index contributed by atoms with van der Waals surface area (Å²) in [5.41, 5.74) is 0.603. The van der Waals surface area contributed by atoms with E-state index in [-0.39, 0.29) is 11.7 Å². The standard InChI is InChI=1S/C14H19N3O4/c1-9-4-5-10(13(19)15-9)17-12(18)8-11(14(17)20)21-7-6-16(2)3/h8,10H,1,4-7H2,2-3H3,(H,15,19). The van der Waals surface area contributed by atoms with Gasteiger partial charge in [-0.05, 0) is 26.9 Å². The molecule has 1 unspecified atom stereocenters. The summed E-state index contributed by atoms with van der Waals surface area (Å²) < 4.78 is 5.33. The van der Waals surface area contributed by atoms with Crippen molar-refractivity contribution in [3.8, 4) is 0 Å². The Morgan fingerprint density at radius 1 is 1.43 bits per heavy atom. The molecule has 0 bridgehead atoms. The lowest BCUT2D eigenvalue weighted by Crippen LogP contribution is -2.52. The molecule has 0 spiro atoms. The number of nitrogens with zero attached hydrogens (tertiary/aromatic N) is 2. The minimum absolute atomic E-state index is 0.000880. The number of hydrogen-bond donors (Lipinski definition) is 1. The van der Waals surface area contributed by atoms with E-state index in [0.717, 1.165) is 11.0 Å². The molecule has 7 nitrogen and oxygen atoms in total. The van der Waals surface area contributed by atoms with Crippen molar-refractivity contribution in [1.29, 1.82) is 0 Å². The number of piperidine rings is 1. The van der Waals surface area contributed by atoms with Crippen LogP contribution in [0.15, 0.2) is 24.1 Å². The van der Waals surface area contributed by atoms with Crippen LogP contribution >= 0.6 is 0 Å². The van der Waals surface area contributed by atoms with Gasteiger partial charge in [-0.3, -0.25) is 19.3 Å². The van der Waals surface area contributed by atoms with E-state index >= 15 is 0 Å². The molecule has 1 saturated heterocycles. The second-order valence-corrected chi connectivity index (χ2v) is 5.32. The number of nitrogens with one attached hydrogen (secondary N) is 1. The van der Waals surface area contributed by atoms with E-state index in [2.05, 4.69) is 11.9 Å². The molecule has 7 heteroatoms. The molecule has 0 aromatic heterocycles. The van der Waals surface area contributed by atoms with Gasteiger partial charge in [0.15, 0.2) is 5.76 Å². The van der Waals surface area contributed by atoms with E-state index in [4.69, 9.17) is 4.74 Å². The van der Waals surface area contributed by atoms with Crippen LogP contribution in [0.4, 0.5) is 0 Å². The maximum Gasteiger partial charge on any atom is 0.296 e. The quantitative estimate of drug-likeness (QED) is 0.698. The Kier molecular flexibility index (Phi) is 4.42. The number of ether oxygens (including phenoxy) is 1. The van der Waals surface area contributed by atoms with Crippen molar-refractivity contribution < 1.29 is 19.1 Å². The van der Waals surface area contributed by atoms with Gasteiger partial charge in [0, 0.05) is 12.2 Å². The van der Waals surface area contributed by atoms with Crippen molar-refractivity contribution in [1.82, 2.24) is 15.1 Å². The molecule has 1 fully saturated rings. The van der Waals surface area contributed by atoms with E-state index < -0.39 is 17.9 Å². The van der Waals surface area contributed by atoms with Gasteiger partial charge in [-0.25, -0.2) is 0 Å². The van der Waals surface area contributed by atoms with Gasteiger partial charge >= 0.3 is 0 Å². The van der Waals surface area contributed by atoms with E-state index in [9.17, 15) is 14.4 Å². The average Bonchev–Trinajstić information content (AvgIpc) is 2.65. The summed E-state index contributed by atoms with van der Waals surface area (Å²) >= 11 is 0. The summed E-state index contributed by atoms with van der Waals surface area (Å²) in [4.78, 5) is 38.9. The summed E-state index contributed by atoms with van der Waals surface area (Å²) in [5, 5.41) is 2.57. The SMILES string of the molecule is C=C1CCC(N2C(=O)C=C(OCCN(C)C)C2=O)C(=O)N1. The largest absolute Gasteiger partial charge is 0.486 e. The zero-order valence-electron chi connectivity index (χ0n) is 12.2. The molecule has 0 saturated carbocycles. The van der Waals surface area contributed by atoms with Gasteiger partial charge in [-0.1, -0.05) is 6.58 Å². The van der Waals surface area contributed by atoms with Gasteiger partial charge in [0.1, 0.15) is 12.6 Å². The number of amides is 3. The van der Waals surface area contributed by atoms with Crippen LogP contribution in [-0.4, -0.2) is 60.8 Å². The van der Waals surface area contributed by atoms with E-state index in [1.165, 1.54) is 0 Å². The average molecular weight is 293 g/mol. The van der Waals surface area contributed by atoms with Crippen LogP contribution in [0.3, 0.4) is 0 Å². The fourth-order valence-electron chi connectivity index (χ4n) is 2.21. The van der Waals surface area contributed by atoms with Gasteiger partial charge in [0.2, 0.25) is 5.91 Å². The molecule has 2 aliphatic rings. The molecule has 1 N–H and O–H groups in total. The van der Waals surface area contributed by atoms with Crippen molar-refractivity contribution in [3.63, 3.8) is 0 Å². The molecular formula is C14H19N3O4. The Labute approximate surface area is 123 Å². The summed E-state index contributed by atoms with van der Waals surface area (Å²) in [6, 6.07) is -0.790. The first-order valence-electron chi connectivity index (χ1n) is 6.75. The van der Waals surface area contributed by atoms with Crippen molar-refractivity contribution in [2.75, 3.05) is 27.2 Å². The van der Waals surface area contributed by atoms with Crippen LogP contribution in [0.2, 0.25) is 0 Å². The first-order chi connectivity index (χ1) is 9.90. The predicted octanol–water partition coefficient (Wildman–Crippen LogP) is -0.390. The normalized spacial score (nSPS) is 22.7. The third-order valence-electron chi connectivity index (χ3n) is 3.35. The number of hydrogen-bond acceptors (Lipinski definition) is 5. The van der Waals surface area contributed by atoms with E-state index in [0.29, 0.717) is 31.7 Å². The highest BCUT2D eigenvalue weighted by atomic mass is 16.5. The Morgan fingerprint density at radius 3 is 2.76 bits per heavy atom. The van der Waals surface area contributed by atoms with Gasteiger partial charge in [-0.2, -0.15) is 0 Å². The van der Waals surface area contributed by atoms with E-state index in [1.54, 1.807) is 0 Å². The summed E-state index contributed by atoms with van der Waals surface area (Å²) in [5.74, 6) is -1.44. The van der Waals surface area contributed by atoms with Crippen molar-refractivity contribution in [2.45, 2.75) is 18.9 Å². The molecule has 3 amide bonds. The van der Waals surface area contributed by atoms with Crippen LogP contribution in [0.1, 0.15) is 12.8 Å². The highest BCUT2D eigenvalue weighted by Crippen LogP contribution is 2.23. The first-order valence-corrected chi connectivity index (χ1v) is 6.75. The lowest BCUT2D eigenvalue weighted by Gasteiger charge is -2.29. The maximum atomic E-state index is 12.2. The number of rotatable bonds is 5. The van der Waals surface area contributed by atoms with Gasteiger partial charge < -0.3 is 15.0 Å². The molecule has 1 atom stereocenters. The molecule has 2 heterocycles. The molecule has 0 aliphatic carbocycles. The highest BCUT2D eigenvalue weighted by molar-refractivity contribution is 6.17. The fourth-order valence-corrected chi connectivity index (χ4v) is 2.21. The Morgan fingerprint density at radius 2 is 2.14 bits per heavy atom. The van der Waals surface area contributed by atoms with Crippen molar-refractivity contribution in [2.24, 2.45) is 0 Å². The first kappa shape index (κ1) is 15.2. The topological polar surface area (TPSA) is 79.0 Å². The zero-order chi connectivity index (χ0) is 15.6. The van der Waals surface area contributed by atoms with Gasteiger partial charge in [-0.15, -0.1) is 0 Å². The smallest absolute Gasteiger partial charge is 0.296 e. The molecular weight excluding hydrogens is 274 g/mol. The predicted molar refractivity (Wildman–Crippen MR) is 74.7 cm³/mol. The van der Waals surface area contributed by atoms with Gasteiger partial charge in [0.25, 0.3) is 11.8 Å². The lowest BCUT2D eigenvalue weighted by atomic mass is 10.0. The number of carbonyl (C=O) groups excluding carboxylic acids is 3. The second-order valence-electron chi connectivity index (χ2n) is 5.32. The Hall–Kier alpha value is -2.15. The summed E-state index contributed by atoms with van der Waals surface area (Å²) in [6.45, 7) is 4.61. The molecule has 0 radical (unpaired) electrons.